The first-order valence-corrected chi connectivity index (χ1v) is 10.5. The second-order valence-corrected chi connectivity index (χ2v) is 6.63. The highest BCUT2D eigenvalue weighted by Gasteiger charge is 2.04. The van der Waals surface area contributed by atoms with E-state index < -0.39 is 0 Å². The van der Waals surface area contributed by atoms with Crippen LogP contribution in [0.3, 0.4) is 0 Å². The summed E-state index contributed by atoms with van der Waals surface area (Å²) in [5.74, 6) is -0.228. The molecule has 0 spiro atoms. The molecule has 0 aromatic carbocycles. The fourth-order valence-corrected chi connectivity index (χ4v) is 2.22. The zero-order chi connectivity index (χ0) is 21.6. The largest absolute Gasteiger partial charge is 0.464 e. The van der Waals surface area contributed by atoms with E-state index in [1.54, 1.807) is 7.05 Å². The average molecular weight is 402 g/mol. The Morgan fingerprint density at radius 1 is 0.897 bits per heavy atom. The number of carbonyl (C=O) groups is 1. The Hall–Kier alpha value is -2.56. The zero-order valence-corrected chi connectivity index (χ0v) is 18.2. The van der Waals surface area contributed by atoms with Crippen molar-refractivity contribution in [3.8, 4) is 0 Å². The van der Waals surface area contributed by atoms with E-state index in [1.165, 1.54) is 4.90 Å². The molecule has 0 saturated carbocycles. The van der Waals surface area contributed by atoms with Gasteiger partial charge in [0.05, 0.1) is 6.54 Å². The summed E-state index contributed by atoms with van der Waals surface area (Å²) >= 11 is 0. The molecule has 5 nitrogen and oxygen atoms in total. The molecule has 0 atom stereocenters. The van der Waals surface area contributed by atoms with Crippen LogP contribution in [0.25, 0.3) is 0 Å². The lowest BCUT2D eigenvalue weighted by atomic mass is 10.2. The molecule has 3 N–H and O–H groups in total. The minimum Gasteiger partial charge on any atom is -0.464 e. The molecular formula is C24H39N3O2. The quantitative estimate of drug-likeness (QED) is 0.121. The molecule has 0 radical (unpaired) electrons. The van der Waals surface area contributed by atoms with E-state index in [4.69, 9.17) is 15.9 Å². The number of hydrogen-bond donors (Lipinski definition) is 2. The normalized spacial score (nSPS) is 12.2. The van der Waals surface area contributed by atoms with E-state index >= 15 is 0 Å². The van der Waals surface area contributed by atoms with Gasteiger partial charge in [-0.25, -0.2) is 0 Å². The standard InChI is InChI=1S/C24H39N3O2/c1-3-4-5-6-7-8-9-10-11-12-13-14-15-16-17-18-19-20-23(28)29-22-21-27(2)24(25)26/h4-5,7-8,10-11,13-14,16-17H,3,6,9,12,15,18-22H2,1-2H3,(H3,25,26)/b5-4-,8-7-,11-10-,14-13-,17-16-. The summed E-state index contributed by atoms with van der Waals surface area (Å²) in [6.45, 7) is 2.85. The summed E-state index contributed by atoms with van der Waals surface area (Å²) in [4.78, 5) is 13.1. The number of likely N-dealkylation sites (N-methyl/N-ethyl adjacent to an activating group) is 1. The number of rotatable bonds is 16. The third-order valence-electron chi connectivity index (χ3n) is 4.01. The van der Waals surface area contributed by atoms with Crippen molar-refractivity contribution in [3.63, 3.8) is 0 Å². The maximum atomic E-state index is 11.6. The maximum Gasteiger partial charge on any atom is 0.305 e. The van der Waals surface area contributed by atoms with Gasteiger partial charge in [-0.2, -0.15) is 0 Å². The summed E-state index contributed by atoms with van der Waals surface area (Å²) in [6, 6.07) is 0. The molecule has 0 saturated heterocycles. The Bertz CT molecular complexity index is 575. The van der Waals surface area contributed by atoms with Gasteiger partial charge in [-0.3, -0.25) is 10.2 Å². The molecule has 0 aromatic rings. The molecule has 0 unspecified atom stereocenters. The highest BCUT2D eigenvalue weighted by molar-refractivity contribution is 5.74. The Kier molecular flexibility index (Phi) is 18.4. The molecule has 0 bridgehead atoms. The molecule has 0 amide bonds. The second-order valence-electron chi connectivity index (χ2n) is 6.63. The highest BCUT2D eigenvalue weighted by Crippen LogP contribution is 2.01. The number of guanidine groups is 1. The Balaban J connectivity index is 3.57. The molecule has 0 fully saturated rings. The van der Waals surface area contributed by atoms with Crippen LogP contribution < -0.4 is 5.73 Å². The average Bonchev–Trinajstić information content (AvgIpc) is 2.70. The monoisotopic (exact) mass is 401 g/mol. The third-order valence-corrected chi connectivity index (χ3v) is 4.01. The van der Waals surface area contributed by atoms with Crippen LogP contribution >= 0.6 is 0 Å². The van der Waals surface area contributed by atoms with E-state index in [2.05, 4.69) is 67.7 Å². The highest BCUT2D eigenvalue weighted by atomic mass is 16.5. The first-order chi connectivity index (χ1) is 14.1. The van der Waals surface area contributed by atoms with Gasteiger partial charge >= 0.3 is 5.97 Å². The van der Waals surface area contributed by atoms with Crippen LogP contribution in [-0.4, -0.2) is 37.0 Å². The molecule has 0 aliphatic carbocycles. The van der Waals surface area contributed by atoms with E-state index in [1.807, 2.05) is 0 Å². The first kappa shape index (κ1) is 26.4. The number of unbranched alkanes of at least 4 members (excludes halogenated alkanes) is 1. The van der Waals surface area contributed by atoms with Crippen LogP contribution in [0.5, 0.6) is 0 Å². The second kappa shape index (κ2) is 20.2. The van der Waals surface area contributed by atoms with Crippen LogP contribution in [0.2, 0.25) is 0 Å². The topological polar surface area (TPSA) is 79.4 Å². The maximum absolute atomic E-state index is 11.6. The molecule has 0 aromatic heterocycles. The van der Waals surface area contributed by atoms with Gasteiger partial charge in [-0.15, -0.1) is 0 Å². The van der Waals surface area contributed by atoms with Crippen molar-refractivity contribution in [2.24, 2.45) is 5.73 Å². The molecule has 0 heterocycles. The number of nitrogens with one attached hydrogen (secondary N) is 1. The lowest BCUT2D eigenvalue weighted by molar-refractivity contribution is -0.143. The van der Waals surface area contributed by atoms with Crippen molar-refractivity contribution in [2.45, 2.75) is 58.3 Å². The lowest BCUT2D eigenvalue weighted by Gasteiger charge is -2.15. The lowest BCUT2D eigenvalue weighted by Crippen LogP contribution is -2.35. The van der Waals surface area contributed by atoms with Crippen molar-refractivity contribution in [1.29, 1.82) is 5.41 Å². The predicted molar refractivity (Wildman–Crippen MR) is 124 cm³/mol. The molecule has 162 valence electrons. The van der Waals surface area contributed by atoms with Crippen molar-refractivity contribution in [3.05, 3.63) is 60.8 Å². The minimum absolute atomic E-state index is 0.0283. The van der Waals surface area contributed by atoms with Crippen LogP contribution in [0.4, 0.5) is 0 Å². The summed E-state index contributed by atoms with van der Waals surface area (Å²) in [5.41, 5.74) is 5.31. The van der Waals surface area contributed by atoms with Crippen molar-refractivity contribution < 1.29 is 9.53 Å². The zero-order valence-electron chi connectivity index (χ0n) is 18.2. The van der Waals surface area contributed by atoms with Crippen molar-refractivity contribution >= 4 is 11.9 Å². The Morgan fingerprint density at radius 3 is 1.86 bits per heavy atom. The smallest absolute Gasteiger partial charge is 0.305 e. The number of ether oxygens (including phenoxy) is 1. The van der Waals surface area contributed by atoms with Gasteiger partial charge in [0.15, 0.2) is 5.96 Å². The summed E-state index contributed by atoms with van der Waals surface area (Å²) in [6.07, 6.45) is 28.8. The molecule has 29 heavy (non-hydrogen) atoms. The van der Waals surface area contributed by atoms with Gasteiger partial charge in [0, 0.05) is 13.5 Å². The van der Waals surface area contributed by atoms with Crippen LogP contribution in [0.15, 0.2) is 60.8 Å². The van der Waals surface area contributed by atoms with Crippen molar-refractivity contribution in [2.75, 3.05) is 20.2 Å². The SMILES string of the molecule is CC/C=C\C/C=C\C/C=C\C/C=C\C/C=C\CCCC(=O)OCCN(C)C(=N)N. The van der Waals surface area contributed by atoms with Gasteiger partial charge < -0.3 is 15.4 Å². The number of allylic oxidation sites excluding steroid dienone is 10. The summed E-state index contributed by atoms with van der Waals surface area (Å²) < 4.78 is 5.11. The van der Waals surface area contributed by atoms with E-state index in [0.29, 0.717) is 13.0 Å². The van der Waals surface area contributed by atoms with Crippen LogP contribution in [-0.2, 0) is 9.53 Å². The van der Waals surface area contributed by atoms with Crippen LogP contribution in [0, 0.1) is 5.41 Å². The number of nitrogens with zero attached hydrogens (tertiary/aromatic N) is 1. The molecular weight excluding hydrogens is 362 g/mol. The van der Waals surface area contributed by atoms with E-state index in [9.17, 15) is 4.79 Å². The predicted octanol–water partition coefficient (Wildman–Crippen LogP) is 5.28. The molecule has 5 heteroatoms. The Labute approximate surface area is 177 Å². The fraction of sp³-hybridized carbons (Fsp3) is 0.500. The molecule has 0 aliphatic rings. The van der Waals surface area contributed by atoms with Gasteiger partial charge in [-0.05, 0) is 44.9 Å². The van der Waals surface area contributed by atoms with Gasteiger partial charge in [-0.1, -0.05) is 67.7 Å². The van der Waals surface area contributed by atoms with Gasteiger partial charge in [0.25, 0.3) is 0 Å². The fourth-order valence-electron chi connectivity index (χ4n) is 2.22. The van der Waals surface area contributed by atoms with Crippen molar-refractivity contribution in [1.82, 2.24) is 4.90 Å². The molecule has 0 rings (SSSR count). The van der Waals surface area contributed by atoms with E-state index in [-0.39, 0.29) is 18.5 Å². The summed E-state index contributed by atoms with van der Waals surface area (Å²) in [5, 5.41) is 7.22. The third kappa shape index (κ3) is 20.0. The van der Waals surface area contributed by atoms with E-state index in [0.717, 1.165) is 44.9 Å². The Morgan fingerprint density at radius 2 is 1.38 bits per heavy atom. The number of hydrogen-bond acceptors (Lipinski definition) is 3. The minimum atomic E-state index is -0.200. The van der Waals surface area contributed by atoms with Gasteiger partial charge in [0.2, 0.25) is 0 Å². The number of nitrogens with two attached hydrogens (primary N) is 1. The first-order valence-electron chi connectivity index (χ1n) is 10.5. The number of carbonyl (C=O) groups excluding carboxylic acids is 1. The van der Waals surface area contributed by atoms with Gasteiger partial charge in [0.1, 0.15) is 6.61 Å². The number of esters is 1. The molecule has 0 aliphatic heterocycles. The van der Waals surface area contributed by atoms with Crippen LogP contribution in [0.1, 0.15) is 58.3 Å². The summed E-state index contributed by atoms with van der Waals surface area (Å²) in [7, 11) is 1.69.